The molecule has 0 spiro atoms. The van der Waals surface area contributed by atoms with E-state index in [-0.39, 0.29) is 17.6 Å². The van der Waals surface area contributed by atoms with Crippen LogP contribution in [0.4, 0.5) is 10.1 Å². The number of thiophene rings is 1. The molecule has 2 aromatic heterocycles. The summed E-state index contributed by atoms with van der Waals surface area (Å²) in [5.41, 5.74) is 3.51. The fourth-order valence-electron chi connectivity index (χ4n) is 4.67. The molecule has 5 rings (SSSR count). The molecule has 0 bridgehead atoms. The van der Waals surface area contributed by atoms with Crippen molar-refractivity contribution < 1.29 is 14.0 Å². The van der Waals surface area contributed by atoms with E-state index in [1.165, 1.54) is 23.1 Å². The molecule has 7 heteroatoms. The molecule has 5 nitrogen and oxygen atoms in total. The molecule has 0 saturated carbocycles. The Hall–Kier alpha value is -3.58. The molecule has 1 aliphatic carbocycles. The van der Waals surface area contributed by atoms with Gasteiger partial charge in [0, 0.05) is 51.6 Å². The molecule has 0 unspecified atom stereocenters. The molecule has 0 fully saturated rings. The zero-order valence-corrected chi connectivity index (χ0v) is 18.8. The summed E-state index contributed by atoms with van der Waals surface area (Å²) in [6.45, 7) is 1.83. The van der Waals surface area contributed by atoms with Crippen LogP contribution in [0, 0.1) is 5.82 Å². The maximum Gasteiger partial charge on any atom is 0.254 e. The van der Waals surface area contributed by atoms with E-state index in [0.717, 1.165) is 5.70 Å². The monoisotopic (exact) mass is 459 g/mol. The molecule has 2 N–H and O–H groups in total. The Bertz CT molecular complexity index is 1280. The van der Waals surface area contributed by atoms with Crippen LogP contribution in [0.25, 0.3) is 0 Å². The van der Waals surface area contributed by atoms with Crippen LogP contribution >= 0.6 is 11.3 Å². The Morgan fingerprint density at radius 3 is 2.76 bits per heavy atom. The maximum absolute atomic E-state index is 13.7. The predicted molar refractivity (Wildman–Crippen MR) is 126 cm³/mol. The summed E-state index contributed by atoms with van der Waals surface area (Å²) in [6.07, 6.45) is 2.75. The number of pyridine rings is 1. The summed E-state index contributed by atoms with van der Waals surface area (Å²) >= 11 is 1.65. The van der Waals surface area contributed by atoms with Gasteiger partial charge in [0.2, 0.25) is 0 Å². The molecule has 3 aromatic rings. The van der Waals surface area contributed by atoms with Gasteiger partial charge in [-0.15, -0.1) is 11.3 Å². The van der Waals surface area contributed by atoms with Crippen LogP contribution < -0.4 is 10.6 Å². The summed E-state index contributed by atoms with van der Waals surface area (Å²) in [5.74, 6) is -1.28. The molecule has 1 aromatic carbocycles. The Labute approximate surface area is 195 Å². The van der Waals surface area contributed by atoms with Gasteiger partial charge < -0.3 is 10.6 Å². The molecule has 0 radical (unpaired) electrons. The standard InChI is InChI=1S/C26H22FN3O2S/c1-15-23(26(32)30-18-7-4-6-17(27)14-18)25(19-8-2-3-10-28-19)24-20(29-15)12-16(13-21(24)31)22-9-5-11-33-22/h2-11,14,16,25,29H,12-13H2,1H3,(H,30,32)/t16-,25+/m1/s1. The lowest BCUT2D eigenvalue weighted by atomic mass is 9.73. The first kappa shape index (κ1) is 21.3. The number of nitrogens with one attached hydrogen (secondary N) is 2. The van der Waals surface area contributed by atoms with Crippen molar-refractivity contribution in [3.8, 4) is 0 Å². The summed E-state index contributed by atoms with van der Waals surface area (Å²) in [7, 11) is 0. The number of anilines is 1. The number of allylic oxidation sites excluding steroid dienone is 3. The third-order valence-electron chi connectivity index (χ3n) is 6.08. The van der Waals surface area contributed by atoms with E-state index < -0.39 is 11.7 Å². The van der Waals surface area contributed by atoms with Crippen LogP contribution in [0.3, 0.4) is 0 Å². The first-order valence-electron chi connectivity index (χ1n) is 10.8. The number of aromatic nitrogens is 1. The highest BCUT2D eigenvalue weighted by Crippen LogP contribution is 2.45. The molecule has 166 valence electrons. The van der Waals surface area contributed by atoms with Gasteiger partial charge in [0.05, 0.1) is 11.6 Å². The van der Waals surface area contributed by atoms with Crippen LogP contribution in [-0.2, 0) is 9.59 Å². The summed E-state index contributed by atoms with van der Waals surface area (Å²) < 4.78 is 13.7. The summed E-state index contributed by atoms with van der Waals surface area (Å²) in [4.78, 5) is 32.6. The second-order valence-corrected chi connectivity index (χ2v) is 9.23. The molecular formula is C26H22FN3O2S. The number of Topliss-reactive ketones (excluding diaryl/α,β-unsaturated/α-hetero) is 1. The minimum atomic E-state index is -0.590. The number of hydrogen-bond acceptors (Lipinski definition) is 5. The normalized spacial score (nSPS) is 20.4. The molecule has 2 aliphatic rings. The third-order valence-corrected chi connectivity index (χ3v) is 7.12. The maximum atomic E-state index is 13.7. The van der Waals surface area contributed by atoms with Crippen LogP contribution in [0.2, 0.25) is 0 Å². The van der Waals surface area contributed by atoms with Crippen molar-refractivity contribution in [3.63, 3.8) is 0 Å². The smallest absolute Gasteiger partial charge is 0.254 e. The Morgan fingerprint density at radius 2 is 2.03 bits per heavy atom. The highest BCUT2D eigenvalue weighted by molar-refractivity contribution is 7.10. The van der Waals surface area contributed by atoms with Gasteiger partial charge in [-0.25, -0.2) is 4.39 Å². The van der Waals surface area contributed by atoms with Crippen molar-refractivity contribution in [2.45, 2.75) is 31.6 Å². The van der Waals surface area contributed by atoms with E-state index in [4.69, 9.17) is 0 Å². The number of carbonyl (C=O) groups is 2. The summed E-state index contributed by atoms with van der Waals surface area (Å²) in [6, 6.07) is 15.3. The largest absolute Gasteiger partial charge is 0.362 e. The van der Waals surface area contributed by atoms with Crippen LogP contribution in [0.15, 0.2) is 88.7 Å². The minimum absolute atomic E-state index is 0.0151. The van der Waals surface area contributed by atoms with E-state index in [2.05, 4.69) is 21.7 Å². The van der Waals surface area contributed by atoms with E-state index in [1.807, 2.05) is 30.5 Å². The Kier molecular flexibility index (Phi) is 5.64. The summed E-state index contributed by atoms with van der Waals surface area (Å²) in [5, 5.41) is 8.16. The first-order valence-corrected chi connectivity index (χ1v) is 11.6. The van der Waals surface area contributed by atoms with Gasteiger partial charge in [0.1, 0.15) is 5.82 Å². The van der Waals surface area contributed by atoms with Crippen molar-refractivity contribution >= 4 is 28.7 Å². The zero-order valence-electron chi connectivity index (χ0n) is 18.0. The molecule has 0 saturated heterocycles. The number of nitrogens with zero attached hydrogens (tertiary/aromatic N) is 1. The van der Waals surface area contributed by atoms with Gasteiger partial charge in [-0.3, -0.25) is 14.6 Å². The van der Waals surface area contributed by atoms with Gasteiger partial charge in [0.25, 0.3) is 5.91 Å². The van der Waals surface area contributed by atoms with Crippen molar-refractivity contribution in [1.29, 1.82) is 0 Å². The number of rotatable bonds is 4. The van der Waals surface area contributed by atoms with Gasteiger partial charge in [-0.1, -0.05) is 18.2 Å². The number of benzene rings is 1. The third kappa shape index (κ3) is 4.12. The van der Waals surface area contributed by atoms with Crippen molar-refractivity contribution in [2.24, 2.45) is 0 Å². The quantitative estimate of drug-likeness (QED) is 0.557. The SMILES string of the molecule is CC1=C(C(=O)Nc2cccc(F)c2)[C@H](c2ccccn2)C2=C(C[C@@H](c3cccs3)CC2=O)N1. The van der Waals surface area contributed by atoms with Crippen LogP contribution in [-0.4, -0.2) is 16.7 Å². The molecule has 33 heavy (non-hydrogen) atoms. The van der Waals surface area contributed by atoms with Gasteiger partial charge in [-0.05, 0) is 55.1 Å². The molecular weight excluding hydrogens is 437 g/mol. The molecule has 1 amide bonds. The topological polar surface area (TPSA) is 71.1 Å². The molecule has 1 aliphatic heterocycles. The first-order chi connectivity index (χ1) is 16.0. The Morgan fingerprint density at radius 1 is 1.15 bits per heavy atom. The fourth-order valence-corrected chi connectivity index (χ4v) is 5.50. The van der Waals surface area contributed by atoms with Crippen LogP contribution in [0.5, 0.6) is 0 Å². The lowest BCUT2D eigenvalue weighted by molar-refractivity contribution is -0.116. The van der Waals surface area contributed by atoms with E-state index in [1.54, 1.807) is 29.7 Å². The average Bonchev–Trinajstić information content (AvgIpc) is 3.33. The number of hydrogen-bond donors (Lipinski definition) is 2. The van der Waals surface area contributed by atoms with E-state index >= 15 is 0 Å². The number of halogens is 1. The second kappa shape index (κ2) is 8.75. The molecule has 3 heterocycles. The van der Waals surface area contributed by atoms with Crippen LogP contribution in [0.1, 0.15) is 42.2 Å². The van der Waals surface area contributed by atoms with Crippen molar-refractivity contribution in [1.82, 2.24) is 10.3 Å². The van der Waals surface area contributed by atoms with Gasteiger partial charge >= 0.3 is 0 Å². The zero-order chi connectivity index (χ0) is 22.9. The average molecular weight is 460 g/mol. The lowest BCUT2D eigenvalue weighted by Gasteiger charge is -2.36. The number of carbonyl (C=O) groups excluding carboxylic acids is 2. The van der Waals surface area contributed by atoms with Crippen molar-refractivity contribution in [3.05, 3.63) is 105 Å². The Balaban J connectivity index is 1.55. The fraction of sp³-hybridized carbons (Fsp3) is 0.192. The highest BCUT2D eigenvalue weighted by atomic mass is 32.1. The van der Waals surface area contributed by atoms with E-state index in [0.29, 0.717) is 41.1 Å². The van der Waals surface area contributed by atoms with E-state index in [9.17, 15) is 14.0 Å². The number of ketones is 1. The second-order valence-electron chi connectivity index (χ2n) is 8.25. The number of amides is 1. The predicted octanol–water partition coefficient (Wildman–Crippen LogP) is 5.28. The highest BCUT2D eigenvalue weighted by Gasteiger charge is 2.41. The molecule has 2 atom stereocenters. The number of dihydropyridines is 1. The van der Waals surface area contributed by atoms with Crippen molar-refractivity contribution in [2.75, 3.05) is 5.32 Å². The van der Waals surface area contributed by atoms with Gasteiger partial charge in [-0.2, -0.15) is 0 Å². The minimum Gasteiger partial charge on any atom is -0.362 e. The lowest BCUT2D eigenvalue weighted by Crippen LogP contribution is -2.37. The van der Waals surface area contributed by atoms with Gasteiger partial charge in [0.15, 0.2) is 5.78 Å².